The fourth-order valence-electron chi connectivity index (χ4n) is 0.739. The predicted molar refractivity (Wildman–Crippen MR) is 64.5 cm³/mol. The van der Waals surface area contributed by atoms with E-state index in [1.54, 1.807) is 0 Å². The molecular weight excluding hydrogens is 256 g/mol. The highest BCUT2D eigenvalue weighted by Crippen LogP contribution is 1.96. The highest BCUT2D eigenvalue weighted by molar-refractivity contribution is 5.88. The molecular formula is C12H19O7. The maximum Gasteiger partial charge on any atom is 0.314 e. The van der Waals surface area contributed by atoms with Crippen LogP contribution in [0, 0.1) is 6.92 Å². The lowest BCUT2D eigenvalue weighted by Gasteiger charge is -1.99. The first-order chi connectivity index (χ1) is 8.83. The van der Waals surface area contributed by atoms with E-state index in [1.165, 1.54) is 0 Å². The Bertz CT molecular complexity index is 279. The number of ether oxygens (including phenoxy) is 2. The summed E-state index contributed by atoms with van der Waals surface area (Å²) in [4.78, 5) is 41.9. The van der Waals surface area contributed by atoms with Crippen LogP contribution in [-0.4, -0.2) is 35.6 Å². The van der Waals surface area contributed by atoms with E-state index in [0.29, 0.717) is 0 Å². The van der Waals surface area contributed by atoms with E-state index < -0.39 is 23.9 Å². The molecule has 0 spiro atoms. The molecule has 0 atom stereocenters. The van der Waals surface area contributed by atoms with Crippen LogP contribution in [0.15, 0.2) is 0 Å². The molecule has 0 aliphatic rings. The molecule has 0 fully saturated rings. The van der Waals surface area contributed by atoms with Gasteiger partial charge < -0.3 is 14.6 Å². The summed E-state index contributed by atoms with van der Waals surface area (Å²) in [5.41, 5.74) is 0. The minimum absolute atomic E-state index is 0.281. The molecule has 0 aromatic carbocycles. The van der Waals surface area contributed by atoms with Gasteiger partial charge in [0.05, 0.1) is 12.8 Å². The summed E-state index contributed by atoms with van der Waals surface area (Å²) < 4.78 is 8.27. The maximum atomic E-state index is 10.7. The van der Waals surface area contributed by atoms with Gasteiger partial charge in [0, 0.05) is 20.5 Å². The monoisotopic (exact) mass is 275 g/mol. The lowest BCUT2D eigenvalue weighted by Crippen LogP contribution is -2.14. The maximum absolute atomic E-state index is 10.7. The van der Waals surface area contributed by atoms with Gasteiger partial charge in [-0.15, -0.1) is 0 Å². The van der Waals surface area contributed by atoms with Gasteiger partial charge in [-0.2, -0.15) is 0 Å². The van der Waals surface area contributed by atoms with Gasteiger partial charge in [-0.05, 0) is 6.42 Å². The van der Waals surface area contributed by atoms with Crippen molar-refractivity contribution in [1.29, 1.82) is 0 Å². The molecule has 109 valence electrons. The highest BCUT2D eigenvalue weighted by Gasteiger charge is 2.11. The van der Waals surface area contributed by atoms with Gasteiger partial charge in [0.25, 0.3) is 0 Å². The Kier molecular flexibility index (Phi) is 13.1. The van der Waals surface area contributed by atoms with Crippen molar-refractivity contribution in [2.24, 2.45) is 0 Å². The molecule has 0 amide bonds. The molecule has 0 bridgehead atoms. The quantitative estimate of drug-likeness (QED) is 0.576. The van der Waals surface area contributed by atoms with Crippen molar-refractivity contribution in [2.45, 2.75) is 39.5 Å². The van der Waals surface area contributed by atoms with E-state index in [1.807, 2.05) is 0 Å². The molecule has 1 N–H and O–H groups in total. The fourth-order valence-corrected chi connectivity index (χ4v) is 0.739. The van der Waals surface area contributed by atoms with Crippen molar-refractivity contribution in [1.82, 2.24) is 0 Å². The van der Waals surface area contributed by atoms with Crippen LogP contribution in [0.2, 0.25) is 0 Å². The molecule has 0 rings (SSSR count). The van der Waals surface area contributed by atoms with Crippen LogP contribution < -0.4 is 0 Å². The van der Waals surface area contributed by atoms with Crippen molar-refractivity contribution in [2.75, 3.05) is 6.61 Å². The van der Waals surface area contributed by atoms with Crippen LogP contribution in [0.3, 0.4) is 0 Å². The molecule has 0 heterocycles. The van der Waals surface area contributed by atoms with Gasteiger partial charge >= 0.3 is 23.9 Å². The molecule has 0 saturated carbocycles. The zero-order chi connectivity index (χ0) is 15.3. The molecule has 0 aromatic heterocycles. The lowest BCUT2D eigenvalue weighted by atomic mass is 10.3. The SMILES string of the molecule is CC(=O)OC(=O)CCC(=O)OC(C)=O.[CH2]CCCO. The summed E-state index contributed by atoms with van der Waals surface area (Å²) >= 11 is 0. The number of unbranched alkanes of at least 4 members (excludes halogenated alkanes) is 1. The first-order valence-corrected chi connectivity index (χ1v) is 5.66. The van der Waals surface area contributed by atoms with E-state index in [2.05, 4.69) is 16.4 Å². The van der Waals surface area contributed by atoms with Crippen molar-refractivity contribution in [3.8, 4) is 0 Å². The number of carbonyl (C=O) groups excluding carboxylic acids is 4. The number of aliphatic hydroxyl groups excluding tert-OH is 1. The number of rotatable bonds is 5. The van der Waals surface area contributed by atoms with Gasteiger partial charge in [-0.1, -0.05) is 13.3 Å². The second-order valence-corrected chi connectivity index (χ2v) is 3.36. The van der Waals surface area contributed by atoms with Gasteiger partial charge in [-0.3, -0.25) is 19.2 Å². The highest BCUT2D eigenvalue weighted by atomic mass is 16.6. The van der Waals surface area contributed by atoms with Gasteiger partial charge in [0.15, 0.2) is 0 Å². The lowest BCUT2D eigenvalue weighted by molar-refractivity contribution is -0.163. The van der Waals surface area contributed by atoms with Gasteiger partial charge in [-0.25, -0.2) is 0 Å². The predicted octanol–water partition coefficient (Wildman–Crippen LogP) is 0.539. The van der Waals surface area contributed by atoms with E-state index in [-0.39, 0.29) is 19.4 Å². The normalized spacial score (nSPS) is 8.84. The molecule has 1 radical (unpaired) electrons. The second kappa shape index (κ2) is 12.7. The summed E-state index contributed by atoms with van der Waals surface area (Å²) in [6.07, 6.45) is 1.11. The van der Waals surface area contributed by atoms with E-state index in [9.17, 15) is 19.2 Å². The molecule has 0 saturated heterocycles. The minimum atomic E-state index is -0.821. The Morgan fingerprint density at radius 3 is 1.47 bits per heavy atom. The standard InChI is InChI=1S/C8H10O6.C4H9O/c1-5(9)13-7(11)3-4-8(12)14-6(2)10;1-2-3-4-5/h3-4H2,1-2H3;5H,1-4H2. The van der Waals surface area contributed by atoms with Crippen molar-refractivity contribution in [3.63, 3.8) is 0 Å². The van der Waals surface area contributed by atoms with Crippen molar-refractivity contribution >= 4 is 23.9 Å². The Morgan fingerprint density at radius 1 is 0.947 bits per heavy atom. The molecule has 19 heavy (non-hydrogen) atoms. The van der Waals surface area contributed by atoms with Gasteiger partial charge in [0.2, 0.25) is 0 Å². The zero-order valence-electron chi connectivity index (χ0n) is 11.1. The molecule has 7 nitrogen and oxygen atoms in total. The fraction of sp³-hybridized carbons (Fsp3) is 0.583. The number of carbonyl (C=O) groups is 4. The average molecular weight is 275 g/mol. The third-order valence-electron chi connectivity index (χ3n) is 1.46. The summed E-state index contributed by atoms with van der Waals surface area (Å²) in [6, 6.07) is 0. The summed E-state index contributed by atoms with van der Waals surface area (Å²) in [5, 5.41) is 8.03. The molecule has 7 heteroatoms. The molecule has 0 unspecified atom stereocenters. The smallest absolute Gasteiger partial charge is 0.314 e. The Balaban J connectivity index is 0. The number of hydrogen-bond acceptors (Lipinski definition) is 7. The van der Waals surface area contributed by atoms with Crippen LogP contribution in [0.25, 0.3) is 0 Å². The summed E-state index contributed by atoms with van der Waals surface area (Å²) in [6.45, 7) is 5.95. The first-order valence-electron chi connectivity index (χ1n) is 5.66. The van der Waals surface area contributed by atoms with Crippen LogP contribution in [0.4, 0.5) is 0 Å². The van der Waals surface area contributed by atoms with Crippen LogP contribution in [0.5, 0.6) is 0 Å². The number of aliphatic hydroxyl groups is 1. The second-order valence-electron chi connectivity index (χ2n) is 3.36. The largest absolute Gasteiger partial charge is 0.396 e. The number of hydrogen-bond donors (Lipinski definition) is 1. The zero-order valence-corrected chi connectivity index (χ0v) is 11.1. The third-order valence-corrected chi connectivity index (χ3v) is 1.46. The minimum Gasteiger partial charge on any atom is -0.396 e. The van der Waals surface area contributed by atoms with E-state index in [4.69, 9.17) is 5.11 Å². The van der Waals surface area contributed by atoms with Crippen molar-refractivity contribution in [3.05, 3.63) is 6.92 Å². The summed E-state index contributed by atoms with van der Waals surface area (Å²) in [7, 11) is 0. The Hall–Kier alpha value is -1.76. The molecule has 0 aromatic rings. The van der Waals surface area contributed by atoms with E-state index in [0.717, 1.165) is 26.7 Å². The Labute approximate surface area is 111 Å². The van der Waals surface area contributed by atoms with Crippen LogP contribution >= 0.6 is 0 Å². The topological polar surface area (TPSA) is 107 Å². The molecule has 0 aliphatic heterocycles. The average Bonchev–Trinajstić information content (AvgIpc) is 2.26. The van der Waals surface area contributed by atoms with Crippen LogP contribution in [-0.2, 0) is 28.7 Å². The summed E-state index contributed by atoms with van der Waals surface area (Å²) in [5.74, 6) is -3.12. The van der Waals surface area contributed by atoms with Gasteiger partial charge in [0.1, 0.15) is 0 Å². The molecule has 0 aliphatic carbocycles. The van der Waals surface area contributed by atoms with Crippen LogP contribution in [0.1, 0.15) is 39.5 Å². The Morgan fingerprint density at radius 2 is 1.32 bits per heavy atom. The first kappa shape index (κ1) is 19.6. The third kappa shape index (κ3) is 18.8. The number of esters is 4. The van der Waals surface area contributed by atoms with E-state index >= 15 is 0 Å². The van der Waals surface area contributed by atoms with Crippen molar-refractivity contribution < 1.29 is 33.8 Å².